The summed E-state index contributed by atoms with van der Waals surface area (Å²) in [5, 5.41) is 0.712. The SMILES string of the molecule is Clc1cccc(C#CC2=CC3(CC4(CCC4)C3)ON2)c1. The van der Waals surface area contributed by atoms with Crippen LogP contribution < -0.4 is 5.48 Å². The van der Waals surface area contributed by atoms with Gasteiger partial charge in [0.25, 0.3) is 0 Å². The van der Waals surface area contributed by atoms with Crippen LogP contribution in [0.25, 0.3) is 0 Å². The Hall–Kier alpha value is -1.43. The molecule has 2 fully saturated rings. The van der Waals surface area contributed by atoms with Crippen molar-refractivity contribution in [1.29, 1.82) is 0 Å². The van der Waals surface area contributed by atoms with E-state index in [0.29, 0.717) is 10.4 Å². The number of nitrogens with one attached hydrogen (secondary N) is 1. The van der Waals surface area contributed by atoms with Crippen LogP contribution in [-0.2, 0) is 4.84 Å². The van der Waals surface area contributed by atoms with Gasteiger partial charge in [0.2, 0.25) is 0 Å². The highest BCUT2D eigenvalue weighted by molar-refractivity contribution is 6.30. The molecule has 2 nitrogen and oxygen atoms in total. The molecule has 3 heteroatoms. The average molecular weight is 286 g/mol. The number of benzene rings is 1. The van der Waals surface area contributed by atoms with Gasteiger partial charge >= 0.3 is 0 Å². The molecule has 1 heterocycles. The summed E-state index contributed by atoms with van der Waals surface area (Å²) in [4.78, 5) is 5.76. The van der Waals surface area contributed by atoms with Crippen LogP contribution in [0.1, 0.15) is 37.7 Å². The second-order valence-electron chi connectivity index (χ2n) is 6.29. The molecule has 2 saturated carbocycles. The molecule has 2 spiro atoms. The van der Waals surface area contributed by atoms with E-state index in [0.717, 1.165) is 24.1 Å². The molecular formula is C17H16ClNO. The third-order valence-electron chi connectivity index (χ3n) is 4.70. The van der Waals surface area contributed by atoms with E-state index in [-0.39, 0.29) is 5.60 Å². The lowest BCUT2D eigenvalue weighted by Crippen LogP contribution is -2.55. The highest BCUT2D eigenvalue weighted by atomic mass is 35.5. The molecule has 1 aromatic carbocycles. The Morgan fingerprint density at radius 2 is 2.05 bits per heavy atom. The molecule has 4 rings (SSSR count). The topological polar surface area (TPSA) is 21.3 Å². The van der Waals surface area contributed by atoms with Gasteiger partial charge in [0, 0.05) is 10.6 Å². The van der Waals surface area contributed by atoms with Crippen LogP contribution in [-0.4, -0.2) is 5.60 Å². The lowest BCUT2D eigenvalue weighted by atomic mass is 9.50. The fourth-order valence-electron chi connectivity index (χ4n) is 3.67. The Kier molecular flexibility index (Phi) is 2.64. The molecule has 20 heavy (non-hydrogen) atoms. The van der Waals surface area contributed by atoms with Crippen molar-refractivity contribution in [2.45, 2.75) is 37.7 Å². The van der Waals surface area contributed by atoms with Gasteiger partial charge in [-0.1, -0.05) is 30.0 Å². The minimum Gasteiger partial charge on any atom is -0.265 e. The number of rotatable bonds is 0. The van der Waals surface area contributed by atoms with Crippen molar-refractivity contribution < 1.29 is 4.84 Å². The van der Waals surface area contributed by atoms with E-state index >= 15 is 0 Å². The van der Waals surface area contributed by atoms with E-state index in [9.17, 15) is 0 Å². The Morgan fingerprint density at radius 3 is 2.75 bits per heavy atom. The van der Waals surface area contributed by atoms with Crippen LogP contribution in [0.3, 0.4) is 0 Å². The van der Waals surface area contributed by atoms with E-state index in [1.165, 1.54) is 19.3 Å². The first-order chi connectivity index (χ1) is 9.67. The molecule has 1 aliphatic heterocycles. The van der Waals surface area contributed by atoms with Gasteiger partial charge in [0.05, 0.1) is 0 Å². The molecule has 0 aromatic heterocycles. The number of hydrogen-bond donors (Lipinski definition) is 1. The summed E-state index contributed by atoms with van der Waals surface area (Å²) in [6.45, 7) is 0. The first kappa shape index (κ1) is 12.3. The van der Waals surface area contributed by atoms with Crippen LogP contribution in [0, 0.1) is 17.3 Å². The molecule has 0 radical (unpaired) electrons. The minimum atomic E-state index is -0.0846. The highest BCUT2D eigenvalue weighted by Crippen LogP contribution is 2.62. The first-order valence-electron chi connectivity index (χ1n) is 7.12. The van der Waals surface area contributed by atoms with E-state index < -0.39 is 0 Å². The maximum atomic E-state index is 5.95. The zero-order valence-electron chi connectivity index (χ0n) is 11.2. The van der Waals surface area contributed by atoms with Gasteiger partial charge in [0.15, 0.2) is 0 Å². The number of hydrogen-bond acceptors (Lipinski definition) is 2. The number of allylic oxidation sites excluding steroid dienone is 1. The Labute approximate surface area is 124 Å². The van der Waals surface area contributed by atoms with Crippen LogP contribution in [0.4, 0.5) is 0 Å². The second kappa shape index (κ2) is 4.28. The number of hydroxylamine groups is 1. The lowest BCUT2D eigenvalue weighted by Gasteiger charge is -2.57. The minimum absolute atomic E-state index is 0.0846. The molecule has 1 N–H and O–H groups in total. The highest BCUT2D eigenvalue weighted by Gasteiger charge is 2.59. The van der Waals surface area contributed by atoms with Crippen LogP contribution >= 0.6 is 11.6 Å². The normalized spacial score (nSPS) is 24.1. The first-order valence-corrected chi connectivity index (χ1v) is 7.50. The van der Waals surface area contributed by atoms with Gasteiger partial charge in [0.1, 0.15) is 11.3 Å². The predicted octanol–water partition coefficient (Wildman–Crippen LogP) is 3.81. The van der Waals surface area contributed by atoms with Crippen molar-refractivity contribution in [1.82, 2.24) is 5.48 Å². The standard InChI is InChI=1S/C17H16ClNO/c18-14-4-1-3-13(9-14)5-6-15-10-17(20-19-15)11-16(12-17)7-2-8-16/h1,3-4,9-10,19H,2,7-8,11-12H2. The van der Waals surface area contributed by atoms with E-state index in [4.69, 9.17) is 16.4 Å². The van der Waals surface area contributed by atoms with Gasteiger partial charge in [-0.25, -0.2) is 0 Å². The molecule has 0 atom stereocenters. The third kappa shape index (κ3) is 2.02. The molecular weight excluding hydrogens is 270 g/mol. The molecule has 0 bridgehead atoms. The van der Waals surface area contributed by atoms with E-state index in [1.54, 1.807) is 0 Å². The molecule has 3 aliphatic rings. The van der Waals surface area contributed by atoms with Crippen molar-refractivity contribution in [3.05, 3.63) is 46.6 Å². The second-order valence-corrected chi connectivity index (χ2v) is 6.73. The van der Waals surface area contributed by atoms with Crippen LogP contribution in [0.5, 0.6) is 0 Å². The maximum Gasteiger partial charge on any atom is 0.118 e. The summed E-state index contributed by atoms with van der Waals surface area (Å²) in [6.07, 6.45) is 8.58. The third-order valence-corrected chi connectivity index (χ3v) is 4.94. The van der Waals surface area contributed by atoms with Gasteiger partial charge in [-0.15, -0.1) is 0 Å². The molecule has 0 saturated heterocycles. The summed E-state index contributed by atoms with van der Waals surface area (Å²) in [6, 6.07) is 7.59. The van der Waals surface area contributed by atoms with Crippen LogP contribution in [0.15, 0.2) is 36.0 Å². The largest absolute Gasteiger partial charge is 0.265 e. The van der Waals surface area contributed by atoms with E-state index in [2.05, 4.69) is 23.4 Å². The molecule has 2 aliphatic carbocycles. The zero-order chi connectivity index (χ0) is 13.6. The summed E-state index contributed by atoms with van der Waals surface area (Å²) < 4.78 is 0. The van der Waals surface area contributed by atoms with Gasteiger partial charge in [-0.05, 0) is 61.3 Å². The van der Waals surface area contributed by atoms with Crippen molar-refractivity contribution in [2.75, 3.05) is 0 Å². The smallest absolute Gasteiger partial charge is 0.118 e. The fourth-order valence-corrected chi connectivity index (χ4v) is 3.86. The Bertz CT molecular complexity index is 640. The maximum absolute atomic E-state index is 5.95. The van der Waals surface area contributed by atoms with Crippen molar-refractivity contribution in [3.8, 4) is 11.8 Å². The fraction of sp³-hybridized carbons (Fsp3) is 0.412. The molecule has 102 valence electrons. The summed E-state index contributed by atoms with van der Waals surface area (Å²) in [5.41, 5.74) is 5.28. The quantitative estimate of drug-likeness (QED) is 0.732. The van der Waals surface area contributed by atoms with Crippen molar-refractivity contribution in [2.24, 2.45) is 5.41 Å². The van der Waals surface area contributed by atoms with Gasteiger partial charge in [-0.2, -0.15) is 0 Å². The van der Waals surface area contributed by atoms with Crippen molar-refractivity contribution >= 4 is 11.6 Å². The molecule has 0 amide bonds. The number of halogens is 1. The van der Waals surface area contributed by atoms with Gasteiger partial charge in [-0.3, -0.25) is 10.3 Å². The average Bonchev–Trinajstić information content (AvgIpc) is 2.76. The van der Waals surface area contributed by atoms with Gasteiger partial charge < -0.3 is 0 Å². The summed E-state index contributed by atoms with van der Waals surface area (Å²) in [7, 11) is 0. The predicted molar refractivity (Wildman–Crippen MR) is 78.9 cm³/mol. The van der Waals surface area contributed by atoms with Crippen molar-refractivity contribution in [3.63, 3.8) is 0 Å². The monoisotopic (exact) mass is 285 g/mol. The van der Waals surface area contributed by atoms with E-state index in [1.807, 2.05) is 24.3 Å². The zero-order valence-corrected chi connectivity index (χ0v) is 12.0. The molecule has 1 aromatic rings. The summed E-state index contributed by atoms with van der Waals surface area (Å²) in [5.74, 6) is 6.25. The summed E-state index contributed by atoms with van der Waals surface area (Å²) >= 11 is 5.95. The van der Waals surface area contributed by atoms with Crippen LogP contribution in [0.2, 0.25) is 5.02 Å². The Balaban J connectivity index is 1.48. The Morgan fingerprint density at radius 1 is 1.20 bits per heavy atom. The molecule has 0 unspecified atom stereocenters. The lowest BCUT2D eigenvalue weighted by molar-refractivity contribution is -0.178.